The van der Waals surface area contributed by atoms with Crippen molar-refractivity contribution in [1.82, 2.24) is 4.90 Å². The maximum Gasteiger partial charge on any atom is 0.0962 e. The molecule has 0 radical (unpaired) electrons. The first-order chi connectivity index (χ1) is 4.70. The fourth-order valence-electron chi connectivity index (χ4n) is 0.730. The van der Waals surface area contributed by atoms with Crippen LogP contribution in [0.4, 0.5) is 0 Å². The zero-order valence-corrected chi connectivity index (χ0v) is 6.89. The SMILES string of the molecule is CCCC(C#N)=CN(C)C. The second kappa shape index (κ2) is 4.87. The molecule has 0 aliphatic carbocycles. The van der Waals surface area contributed by atoms with Crippen LogP contribution in [0.3, 0.4) is 0 Å². The van der Waals surface area contributed by atoms with Gasteiger partial charge in [0.25, 0.3) is 0 Å². The van der Waals surface area contributed by atoms with Crippen LogP contribution in [0.2, 0.25) is 0 Å². The van der Waals surface area contributed by atoms with Crippen LogP contribution in [0, 0.1) is 11.3 Å². The molecule has 0 aromatic carbocycles. The standard InChI is InChI=1S/C8H14N2/c1-4-5-8(6-9)7-10(2)3/h7H,4-5H2,1-3H3. The largest absolute Gasteiger partial charge is 0.383 e. The zero-order valence-electron chi connectivity index (χ0n) is 6.89. The molecule has 0 aliphatic heterocycles. The molecule has 0 aliphatic rings. The van der Waals surface area contributed by atoms with Crippen molar-refractivity contribution in [2.24, 2.45) is 0 Å². The van der Waals surface area contributed by atoms with Crippen LogP contribution in [0.1, 0.15) is 19.8 Å². The molecule has 56 valence electrons. The van der Waals surface area contributed by atoms with Crippen molar-refractivity contribution in [1.29, 1.82) is 5.26 Å². The Labute approximate surface area is 62.8 Å². The first kappa shape index (κ1) is 9.03. The molecular weight excluding hydrogens is 124 g/mol. The number of nitriles is 1. The van der Waals surface area contributed by atoms with Crippen LogP contribution >= 0.6 is 0 Å². The van der Waals surface area contributed by atoms with Crippen molar-refractivity contribution < 1.29 is 0 Å². The summed E-state index contributed by atoms with van der Waals surface area (Å²) in [6.45, 7) is 2.07. The molecule has 0 saturated carbocycles. The maximum absolute atomic E-state index is 8.56. The highest BCUT2D eigenvalue weighted by Gasteiger charge is 1.92. The van der Waals surface area contributed by atoms with E-state index >= 15 is 0 Å². The average molecular weight is 138 g/mol. The summed E-state index contributed by atoms with van der Waals surface area (Å²) in [5.41, 5.74) is 0.854. The lowest BCUT2D eigenvalue weighted by Gasteiger charge is -2.04. The van der Waals surface area contributed by atoms with Crippen molar-refractivity contribution in [3.8, 4) is 6.07 Å². The molecule has 2 heteroatoms. The number of hydrogen-bond acceptors (Lipinski definition) is 2. The highest BCUT2D eigenvalue weighted by molar-refractivity contribution is 5.19. The average Bonchev–Trinajstić information content (AvgIpc) is 1.86. The van der Waals surface area contributed by atoms with Gasteiger partial charge in [-0.3, -0.25) is 0 Å². The molecule has 10 heavy (non-hydrogen) atoms. The molecule has 0 bridgehead atoms. The Kier molecular flexibility index (Phi) is 4.39. The van der Waals surface area contributed by atoms with Gasteiger partial charge in [0.05, 0.1) is 6.07 Å². The molecule has 0 fully saturated rings. The summed E-state index contributed by atoms with van der Waals surface area (Å²) in [4.78, 5) is 1.90. The Morgan fingerprint density at radius 2 is 2.20 bits per heavy atom. The van der Waals surface area contributed by atoms with Gasteiger partial charge in [-0.05, 0) is 6.42 Å². The smallest absolute Gasteiger partial charge is 0.0962 e. The lowest BCUT2D eigenvalue weighted by molar-refractivity contribution is 0.557. The van der Waals surface area contributed by atoms with E-state index in [2.05, 4.69) is 13.0 Å². The van der Waals surface area contributed by atoms with E-state index in [0.29, 0.717) is 0 Å². The topological polar surface area (TPSA) is 27.0 Å². The first-order valence-corrected chi connectivity index (χ1v) is 3.48. The van der Waals surface area contributed by atoms with Crippen molar-refractivity contribution in [3.63, 3.8) is 0 Å². The van der Waals surface area contributed by atoms with Gasteiger partial charge in [-0.1, -0.05) is 13.3 Å². The summed E-state index contributed by atoms with van der Waals surface area (Å²) < 4.78 is 0. The first-order valence-electron chi connectivity index (χ1n) is 3.48. The van der Waals surface area contributed by atoms with Crippen LogP contribution in [0.25, 0.3) is 0 Å². The highest BCUT2D eigenvalue weighted by Crippen LogP contribution is 2.02. The Morgan fingerprint density at radius 1 is 1.60 bits per heavy atom. The van der Waals surface area contributed by atoms with Crippen LogP contribution < -0.4 is 0 Å². The molecular formula is C8H14N2. The molecule has 0 amide bonds. The van der Waals surface area contributed by atoms with Gasteiger partial charge in [0.1, 0.15) is 0 Å². The lowest BCUT2D eigenvalue weighted by atomic mass is 10.2. The van der Waals surface area contributed by atoms with E-state index in [9.17, 15) is 0 Å². The van der Waals surface area contributed by atoms with Gasteiger partial charge >= 0.3 is 0 Å². The third kappa shape index (κ3) is 3.96. The third-order valence-corrected chi connectivity index (χ3v) is 1.08. The van der Waals surface area contributed by atoms with Crippen LogP contribution in [0.15, 0.2) is 11.8 Å². The summed E-state index contributed by atoms with van der Waals surface area (Å²) in [6, 6.07) is 2.15. The number of allylic oxidation sites excluding steroid dienone is 1. The maximum atomic E-state index is 8.56. The summed E-state index contributed by atoms with van der Waals surface area (Å²) in [6.07, 6.45) is 3.78. The summed E-state index contributed by atoms with van der Waals surface area (Å²) in [5.74, 6) is 0. The van der Waals surface area contributed by atoms with Crippen LogP contribution in [0.5, 0.6) is 0 Å². The van der Waals surface area contributed by atoms with Gasteiger partial charge in [-0.15, -0.1) is 0 Å². The van der Waals surface area contributed by atoms with Gasteiger partial charge in [0.2, 0.25) is 0 Å². The van der Waals surface area contributed by atoms with Gasteiger partial charge in [0.15, 0.2) is 0 Å². The van der Waals surface area contributed by atoms with Crippen LogP contribution in [-0.4, -0.2) is 19.0 Å². The Hall–Kier alpha value is -0.970. The van der Waals surface area contributed by atoms with E-state index < -0.39 is 0 Å². The highest BCUT2D eigenvalue weighted by atomic mass is 15.0. The quantitative estimate of drug-likeness (QED) is 0.555. The minimum atomic E-state index is 0.854. The number of hydrogen-bond donors (Lipinski definition) is 0. The van der Waals surface area contributed by atoms with E-state index in [0.717, 1.165) is 18.4 Å². The van der Waals surface area contributed by atoms with Crippen molar-refractivity contribution in [3.05, 3.63) is 11.8 Å². The molecule has 0 spiro atoms. The Bertz CT molecular complexity index is 151. The molecule has 0 unspecified atom stereocenters. The van der Waals surface area contributed by atoms with Crippen molar-refractivity contribution >= 4 is 0 Å². The normalized spacial score (nSPS) is 10.8. The van der Waals surface area contributed by atoms with Gasteiger partial charge in [0, 0.05) is 25.9 Å². The molecule has 2 nitrogen and oxygen atoms in total. The number of nitrogens with zero attached hydrogens (tertiary/aromatic N) is 2. The lowest BCUT2D eigenvalue weighted by Crippen LogP contribution is -2.02. The zero-order chi connectivity index (χ0) is 7.98. The van der Waals surface area contributed by atoms with E-state index in [4.69, 9.17) is 5.26 Å². The van der Waals surface area contributed by atoms with E-state index in [1.807, 2.05) is 25.2 Å². The van der Waals surface area contributed by atoms with Crippen molar-refractivity contribution in [2.45, 2.75) is 19.8 Å². The Balaban J connectivity index is 3.95. The minimum absolute atomic E-state index is 0.854. The minimum Gasteiger partial charge on any atom is -0.383 e. The summed E-state index contributed by atoms with van der Waals surface area (Å²) in [5, 5.41) is 8.56. The molecule has 0 atom stereocenters. The van der Waals surface area contributed by atoms with Crippen molar-refractivity contribution in [2.75, 3.05) is 14.1 Å². The van der Waals surface area contributed by atoms with E-state index in [-0.39, 0.29) is 0 Å². The molecule has 0 aromatic rings. The second-order valence-electron chi connectivity index (χ2n) is 2.48. The monoisotopic (exact) mass is 138 g/mol. The predicted octanol–water partition coefficient (Wildman–Crippen LogP) is 1.76. The second-order valence-corrected chi connectivity index (χ2v) is 2.48. The summed E-state index contributed by atoms with van der Waals surface area (Å²) in [7, 11) is 3.85. The predicted molar refractivity (Wildman–Crippen MR) is 42.3 cm³/mol. The van der Waals surface area contributed by atoms with Gasteiger partial charge in [-0.25, -0.2) is 0 Å². The molecule has 0 saturated heterocycles. The van der Waals surface area contributed by atoms with Gasteiger partial charge in [-0.2, -0.15) is 5.26 Å². The fourth-order valence-corrected chi connectivity index (χ4v) is 0.730. The molecule has 0 aromatic heterocycles. The molecule has 0 heterocycles. The third-order valence-electron chi connectivity index (χ3n) is 1.08. The van der Waals surface area contributed by atoms with E-state index in [1.165, 1.54) is 0 Å². The van der Waals surface area contributed by atoms with Gasteiger partial charge < -0.3 is 4.90 Å². The van der Waals surface area contributed by atoms with E-state index in [1.54, 1.807) is 0 Å². The molecule has 0 rings (SSSR count). The summed E-state index contributed by atoms with van der Waals surface area (Å²) >= 11 is 0. The molecule has 0 N–H and O–H groups in total. The van der Waals surface area contributed by atoms with Crippen LogP contribution in [-0.2, 0) is 0 Å². The number of rotatable bonds is 3. The fraction of sp³-hybridized carbons (Fsp3) is 0.625. The Morgan fingerprint density at radius 3 is 2.50 bits per heavy atom.